The van der Waals surface area contributed by atoms with Crippen molar-refractivity contribution in [2.75, 3.05) is 18.8 Å². The van der Waals surface area contributed by atoms with Crippen LogP contribution in [-0.2, 0) is 4.79 Å². The van der Waals surface area contributed by atoms with Gasteiger partial charge < -0.3 is 5.11 Å². The SMILES string of the molecule is CC1=[N+](CCCC(=O)O)CCS1. The van der Waals surface area contributed by atoms with Crippen LogP contribution < -0.4 is 0 Å². The Balaban J connectivity index is 2.23. The summed E-state index contributed by atoms with van der Waals surface area (Å²) in [4.78, 5) is 10.2. The van der Waals surface area contributed by atoms with Gasteiger partial charge in [-0.15, -0.1) is 0 Å². The van der Waals surface area contributed by atoms with Gasteiger partial charge in [-0.1, -0.05) is 11.8 Å². The van der Waals surface area contributed by atoms with Gasteiger partial charge in [-0.25, -0.2) is 4.58 Å². The molecule has 4 heteroatoms. The van der Waals surface area contributed by atoms with Crippen LogP contribution in [0.25, 0.3) is 0 Å². The predicted molar refractivity (Wildman–Crippen MR) is 50.0 cm³/mol. The molecule has 68 valence electrons. The number of carbonyl (C=O) groups is 1. The average Bonchev–Trinajstić information content (AvgIpc) is 2.36. The smallest absolute Gasteiger partial charge is 0.303 e. The van der Waals surface area contributed by atoms with E-state index in [9.17, 15) is 4.79 Å². The van der Waals surface area contributed by atoms with Crippen LogP contribution in [0.3, 0.4) is 0 Å². The molecule has 0 unspecified atom stereocenters. The molecule has 1 N–H and O–H groups in total. The fourth-order valence-corrected chi connectivity index (χ4v) is 2.21. The first-order valence-electron chi connectivity index (χ1n) is 4.13. The van der Waals surface area contributed by atoms with E-state index in [1.165, 1.54) is 5.04 Å². The summed E-state index contributed by atoms with van der Waals surface area (Å²) in [5.74, 6) is 0.457. The topological polar surface area (TPSA) is 40.3 Å². The number of carboxylic acids is 1. The maximum absolute atomic E-state index is 10.2. The lowest BCUT2D eigenvalue weighted by molar-refractivity contribution is -0.518. The third kappa shape index (κ3) is 2.85. The van der Waals surface area contributed by atoms with Crippen molar-refractivity contribution in [3.63, 3.8) is 0 Å². The molecule has 0 spiro atoms. The van der Waals surface area contributed by atoms with Crippen molar-refractivity contribution < 1.29 is 14.5 Å². The number of rotatable bonds is 4. The highest BCUT2D eigenvalue weighted by Gasteiger charge is 2.18. The van der Waals surface area contributed by atoms with Gasteiger partial charge in [-0.2, -0.15) is 0 Å². The van der Waals surface area contributed by atoms with Gasteiger partial charge in [0.05, 0.1) is 12.2 Å². The lowest BCUT2D eigenvalue weighted by Gasteiger charge is -1.96. The molecule has 0 fully saturated rings. The molecule has 0 aromatic carbocycles. The Labute approximate surface area is 76.5 Å². The van der Waals surface area contributed by atoms with Crippen LogP contribution in [0.5, 0.6) is 0 Å². The Morgan fingerprint density at radius 1 is 1.75 bits per heavy atom. The lowest BCUT2D eigenvalue weighted by atomic mass is 10.3. The fourth-order valence-electron chi connectivity index (χ4n) is 1.24. The second-order valence-corrected chi connectivity index (χ2v) is 4.14. The molecule has 1 heterocycles. The van der Waals surface area contributed by atoms with Crippen LogP contribution in [0.15, 0.2) is 0 Å². The molecule has 0 saturated heterocycles. The molecule has 0 aromatic heterocycles. The van der Waals surface area contributed by atoms with Gasteiger partial charge in [0.2, 0.25) is 5.04 Å². The molecule has 12 heavy (non-hydrogen) atoms. The van der Waals surface area contributed by atoms with Gasteiger partial charge in [-0.05, 0) is 0 Å². The summed E-state index contributed by atoms with van der Waals surface area (Å²) in [5, 5.41) is 9.76. The van der Waals surface area contributed by atoms with Crippen molar-refractivity contribution in [1.82, 2.24) is 0 Å². The zero-order valence-electron chi connectivity index (χ0n) is 7.25. The number of hydrogen-bond donors (Lipinski definition) is 1. The van der Waals surface area contributed by atoms with Crippen molar-refractivity contribution in [2.24, 2.45) is 0 Å². The zero-order chi connectivity index (χ0) is 8.97. The van der Waals surface area contributed by atoms with E-state index in [1.54, 1.807) is 0 Å². The maximum atomic E-state index is 10.2. The van der Waals surface area contributed by atoms with Crippen LogP contribution in [0.2, 0.25) is 0 Å². The number of aliphatic carboxylic acids is 1. The van der Waals surface area contributed by atoms with Gasteiger partial charge in [0.25, 0.3) is 0 Å². The molecule has 3 nitrogen and oxygen atoms in total. The minimum absolute atomic E-state index is 0.286. The van der Waals surface area contributed by atoms with Crippen LogP contribution in [0.1, 0.15) is 19.8 Å². The molecular weight excluding hydrogens is 174 g/mol. The quantitative estimate of drug-likeness (QED) is 0.670. The molecule has 0 radical (unpaired) electrons. The predicted octanol–water partition coefficient (Wildman–Crippen LogP) is 1.03. The van der Waals surface area contributed by atoms with Gasteiger partial charge in [0.15, 0.2) is 6.54 Å². The summed E-state index contributed by atoms with van der Waals surface area (Å²) >= 11 is 1.86. The highest BCUT2D eigenvalue weighted by molar-refractivity contribution is 8.13. The lowest BCUT2D eigenvalue weighted by Crippen LogP contribution is -2.15. The van der Waals surface area contributed by atoms with Crippen LogP contribution in [0, 0.1) is 0 Å². The molecule has 0 aromatic rings. The van der Waals surface area contributed by atoms with E-state index in [2.05, 4.69) is 11.5 Å². The summed E-state index contributed by atoms with van der Waals surface area (Å²) in [6.45, 7) is 4.07. The van der Waals surface area contributed by atoms with Crippen LogP contribution >= 0.6 is 11.8 Å². The zero-order valence-corrected chi connectivity index (χ0v) is 8.06. The highest BCUT2D eigenvalue weighted by Crippen LogP contribution is 2.11. The molecule has 0 atom stereocenters. The Morgan fingerprint density at radius 2 is 2.50 bits per heavy atom. The van der Waals surface area contributed by atoms with E-state index in [0.717, 1.165) is 25.3 Å². The Kier molecular flexibility index (Phi) is 3.59. The Bertz CT molecular complexity index is 213. The van der Waals surface area contributed by atoms with Gasteiger partial charge in [-0.3, -0.25) is 4.79 Å². The standard InChI is InChI=1S/C8H13NO2S/c1-7-9(5-6-12-7)4-2-3-8(10)11/h2-6H2,1H3/p+1. The van der Waals surface area contributed by atoms with Gasteiger partial charge in [0.1, 0.15) is 6.54 Å². The summed E-state index contributed by atoms with van der Waals surface area (Å²) in [6.07, 6.45) is 1.04. The summed E-state index contributed by atoms with van der Waals surface area (Å²) in [6, 6.07) is 0. The van der Waals surface area contributed by atoms with E-state index in [1.807, 2.05) is 11.8 Å². The molecule has 1 aliphatic rings. The molecule has 0 amide bonds. The second-order valence-electron chi connectivity index (χ2n) is 2.85. The van der Waals surface area contributed by atoms with Crippen molar-refractivity contribution in [3.8, 4) is 0 Å². The molecule has 0 aliphatic carbocycles. The van der Waals surface area contributed by atoms with Crippen molar-refractivity contribution in [1.29, 1.82) is 0 Å². The van der Waals surface area contributed by atoms with E-state index >= 15 is 0 Å². The van der Waals surface area contributed by atoms with Crippen LogP contribution in [-0.4, -0.2) is 39.5 Å². The first-order chi connectivity index (χ1) is 5.70. The van der Waals surface area contributed by atoms with Crippen LogP contribution in [0.4, 0.5) is 0 Å². The number of hydrogen-bond acceptors (Lipinski definition) is 2. The van der Waals surface area contributed by atoms with E-state index in [0.29, 0.717) is 0 Å². The van der Waals surface area contributed by atoms with E-state index < -0.39 is 5.97 Å². The molecule has 0 bridgehead atoms. The van der Waals surface area contributed by atoms with E-state index in [4.69, 9.17) is 5.11 Å². The third-order valence-corrected chi connectivity index (χ3v) is 3.00. The normalized spacial score (nSPS) is 17.1. The van der Waals surface area contributed by atoms with Crippen molar-refractivity contribution >= 4 is 22.8 Å². The van der Waals surface area contributed by atoms with Crippen molar-refractivity contribution in [3.05, 3.63) is 0 Å². The van der Waals surface area contributed by atoms with Gasteiger partial charge >= 0.3 is 5.97 Å². The van der Waals surface area contributed by atoms with Gasteiger partial charge in [0, 0.05) is 13.3 Å². The number of nitrogens with zero attached hydrogens (tertiary/aromatic N) is 1. The maximum Gasteiger partial charge on any atom is 0.303 e. The first kappa shape index (κ1) is 9.58. The minimum Gasteiger partial charge on any atom is -0.481 e. The second kappa shape index (κ2) is 4.50. The molecular formula is C8H14NO2S+. The number of thioether (sulfide) groups is 1. The Morgan fingerprint density at radius 3 is 3.00 bits per heavy atom. The molecule has 1 aliphatic heterocycles. The third-order valence-electron chi connectivity index (χ3n) is 1.94. The summed E-state index contributed by atoms with van der Waals surface area (Å²) in [5.41, 5.74) is 0. The molecule has 1 rings (SSSR count). The number of carboxylic acid groups (broad SMARTS) is 1. The molecule has 0 saturated carbocycles. The first-order valence-corrected chi connectivity index (χ1v) is 5.12. The summed E-state index contributed by atoms with van der Waals surface area (Å²) in [7, 11) is 0. The van der Waals surface area contributed by atoms with E-state index in [-0.39, 0.29) is 6.42 Å². The fraction of sp³-hybridized carbons (Fsp3) is 0.750. The largest absolute Gasteiger partial charge is 0.481 e. The highest BCUT2D eigenvalue weighted by atomic mass is 32.2. The average molecular weight is 188 g/mol. The minimum atomic E-state index is -0.695. The Hall–Kier alpha value is -0.510. The monoisotopic (exact) mass is 188 g/mol. The van der Waals surface area contributed by atoms with Crippen molar-refractivity contribution in [2.45, 2.75) is 19.8 Å². The summed E-state index contributed by atoms with van der Waals surface area (Å²) < 4.78 is 2.26.